The minimum atomic E-state index is -3.48. The second kappa shape index (κ2) is 8.92. The van der Waals surface area contributed by atoms with E-state index < -0.39 is 10.0 Å². The van der Waals surface area contributed by atoms with Crippen LogP contribution in [0.5, 0.6) is 0 Å². The number of pyridine rings is 1. The fourth-order valence-electron chi connectivity index (χ4n) is 4.40. The first-order chi connectivity index (χ1) is 14.1. The van der Waals surface area contributed by atoms with E-state index in [-0.39, 0.29) is 5.92 Å². The van der Waals surface area contributed by atoms with Gasteiger partial charge in [0, 0.05) is 50.5 Å². The number of aryl methyl sites for hydroxylation is 1. The zero-order chi connectivity index (χ0) is 20.3. The smallest absolute Gasteiger partial charge is 0.243 e. The molecule has 3 heterocycles. The van der Waals surface area contributed by atoms with E-state index in [9.17, 15) is 8.42 Å². The van der Waals surface area contributed by atoms with Gasteiger partial charge in [-0.15, -0.1) is 0 Å². The van der Waals surface area contributed by atoms with Gasteiger partial charge in [0.25, 0.3) is 0 Å². The summed E-state index contributed by atoms with van der Waals surface area (Å²) in [6.07, 6.45) is 5.41. The van der Waals surface area contributed by atoms with Crippen LogP contribution in [0.2, 0.25) is 0 Å². The van der Waals surface area contributed by atoms with Crippen molar-refractivity contribution in [3.63, 3.8) is 0 Å². The molecular formula is C22H29N3O3S. The Morgan fingerprint density at radius 3 is 2.69 bits per heavy atom. The molecule has 29 heavy (non-hydrogen) atoms. The average molecular weight is 416 g/mol. The maximum Gasteiger partial charge on any atom is 0.243 e. The number of rotatable bonds is 5. The van der Waals surface area contributed by atoms with Gasteiger partial charge < -0.3 is 4.74 Å². The van der Waals surface area contributed by atoms with Gasteiger partial charge in [-0.05, 0) is 42.2 Å². The number of ether oxygens (including phenoxy) is 1. The molecule has 0 amide bonds. The summed E-state index contributed by atoms with van der Waals surface area (Å²) in [6.45, 7) is 6.09. The van der Waals surface area contributed by atoms with Crippen LogP contribution in [0.25, 0.3) is 0 Å². The van der Waals surface area contributed by atoms with Crippen molar-refractivity contribution >= 4 is 10.0 Å². The molecule has 0 saturated carbocycles. The van der Waals surface area contributed by atoms with Gasteiger partial charge in [-0.1, -0.05) is 25.1 Å². The van der Waals surface area contributed by atoms with Crippen molar-refractivity contribution in [3.05, 3.63) is 59.9 Å². The van der Waals surface area contributed by atoms with Crippen LogP contribution in [-0.2, 0) is 27.7 Å². The van der Waals surface area contributed by atoms with E-state index in [1.54, 1.807) is 22.6 Å². The third kappa shape index (κ3) is 4.53. The van der Waals surface area contributed by atoms with E-state index >= 15 is 0 Å². The molecule has 2 aliphatic rings. The Bertz CT molecular complexity index is 903. The molecule has 4 rings (SSSR count). The second-order valence-electron chi connectivity index (χ2n) is 7.88. The van der Waals surface area contributed by atoms with Crippen molar-refractivity contribution in [2.45, 2.75) is 37.2 Å². The second-order valence-corrected chi connectivity index (χ2v) is 9.82. The Labute approximate surface area is 173 Å². The molecule has 0 bridgehead atoms. The molecule has 2 saturated heterocycles. The van der Waals surface area contributed by atoms with Crippen LogP contribution in [0.4, 0.5) is 0 Å². The number of fused-ring (bicyclic) bond motifs is 1. The van der Waals surface area contributed by atoms with Gasteiger partial charge in [-0.2, -0.15) is 4.31 Å². The molecular weight excluding hydrogens is 386 g/mol. The SMILES string of the molecule is CCc1ccc(S(=O)(=O)N2CC[C@@H]3[C@@H](COCCN3Cc3cccnc3)C2)cc1. The van der Waals surface area contributed by atoms with E-state index in [0.717, 1.165) is 31.5 Å². The number of sulfonamides is 1. The van der Waals surface area contributed by atoms with Gasteiger partial charge in [0.05, 0.1) is 18.1 Å². The van der Waals surface area contributed by atoms with Gasteiger partial charge in [0.15, 0.2) is 0 Å². The van der Waals surface area contributed by atoms with Crippen molar-refractivity contribution in [1.29, 1.82) is 0 Å². The molecule has 0 unspecified atom stereocenters. The van der Waals surface area contributed by atoms with E-state index in [2.05, 4.69) is 22.9 Å². The first kappa shape index (κ1) is 20.5. The molecule has 156 valence electrons. The highest BCUT2D eigenvalue weighted by molar-refractivity contribution is 7.89. The Morgan fingerprint density at radius 1 is 1.14 bits per heavy atom. The lowest BCUT2D eigenvalue weighted by atomic mass is 9.92. The molecule has 6 nitrogen and oxygen atoms in total. The number of aromatic nitrogens is 1. The van der Waals surface area contributed by atoms with Crippen molar-refractivity contribution in [1.82, 2.24) is 14.2 Å². The van der Waals surface area contributed by atoms with Crippen molar-refractivity contribution in [3.8, 4) is 0 Å². The summed E-state index contributed by atoms with van der Waals surface area (Å²) in [5, 5.41) is 0. The monoisotopic (exact) mass is 415 g/mol. The predicted molar refractivity (Wildman–Crippen MR) is 112 cm³/mol. The normalized spacial score (nSPS) is 24.0. The van der Waals surface area contributed by atoms with Crippen LogP contribution < -0.4 is 0 Å². The Morgan fingerprint density at radius 2 is 1.97 bits per heavy atom. The number of nitrogens with zero attached hydrogens (tertiary/aromatic N) is 3. The lowest BCUT2D eigenvalue weighted by Crippen LogP contribution is -2.52. The quantitative estimate of drug-likeness (QED) is 0.751. The Kier molecular flexibility index (Phi) is 6.29. The third-order valence-electron chi connectivity index (χ3n) is 6.06. The molecule has 1 aromatic heterocycles. The molecule has 0 aliphatic carbocycles. The van der Waals surface area contributed by atoms with E-state index in [4.69, 9.17) is 4.74 Å². The average Bonchev–Trinajstić information content (AvgIpc) is 2.96. The topological polar surface area (TPSA) is 62.7 Å². The van der Waals surface area contributed by atoms with Crippen molar-refractivity contribution in [2.24, 2.45) is 5.92 Å². The summed E-state index contributed by atoms with van der Waals surface area (Å²) in [6, 6.07) is 11.7. The van der Waals surface area contributed by atoms with Gasteiger partial charge >= 0.3 is 0 Å². The van der Waals surface area contributed by atoms with E-state index in [1.807, 2.05) is 24.4 Å². The van der Waals surface area contributed by atoms with Gasteiger partial charge in [0.1, 0.15) is 0 Å². The molecule has 0 N–H and O–H groups in total. The summed E-state index contributed by atoms with van der Waals surface area (Å²) in [5.41, 5.74) is 2.32. The maximum absolute atomic E-state index is 13.2. The molecule has 2 aromatic rings. The first-order valence-electron chi connectivity index (χ1n) is 10.4. The highest BCUT2D eigenvalue weighted by Crippen LogP contribution is 2.29. The highest BCUT2D eigenvalue weighted by atomic mass is 32.2. The summed E-state index contributed by atoms with van der Waals surface area (Å²) in [7, 11) is -3.48. The van der Waals surface area contributed by atoms with Gasteiger partial charge in [0.2, 0.25) is 10.0 Å². The lowest BCUT2D eigenvalue weighted by Gasteiger charge is -2.41. The molecule has 0 spiro atoms. The highest BCUT2D eigenvalue weighted by Gasteiger charge is 2.39. The number of benzene rings is 1. The fourth-order valence-corrected chi connectivity index (χ4v) is 5.91. The summed E-state index contributed by atoms with van der Waals surface area (Å²) < 4.78 is 33.9. The Balaban J connectivity index is 1.49. The maximum atomic E-state index is 13.2. The molecule has 7 heteroatoms. The predicted octanol–water partition coefficient (Wildman–Crippen LogP) is 2.56. The van der Waals surface area contributed by atoms with Crippen molar-refractivity contribution < 1.29 is 13.2 Å². The molecule has 2 atom stereocenters. The van der Waals surface area contributed by atoms with Crippen LogP contribution in [0.15, 0.2) is 53.7 Å². The first-order valence-corrected chi connectivity index (χ1v) is 11.8. The standard InChI is InChI=1S/C22H29N3O3S/c1-2-18-5-7-21(8-6-18)29(26,27)25-11-9-22-20(16-25)17-28-13-12-24(22)15-19-4-3-10-23-14-19/h3-8,10,14,20,22H,2,9,11-13,15-17H2,1H3/t20-,22-/m1/s1. The number of piperidine rings is 1. The third-order valence-corrected chi connectivity index (χ3v) is 7.94. The fraction of sp³-hybridized carbons (Fsp3) is 0.500. The molecule has 0 radical (unpaired) electrons. The van der Waals surface area contributed by atoms with Crippen LogP contribution in [0.3, 0.4) is 0 Å². The molecule has 1 aromatic carbocycles. The van der Waals surface area contributed by atoms with E-state index in [0.29, 0.717) is 37.2 Å². The minimum Gasteiger partial charge on any atom is -0.380 e. The lowest BCUT2D eigenvalue weighted by molar-refractivity contribution is 0.0762. The Hall–Kier alpha value is -1.80. The van der Waals surface area contributed by atoms with Gasteiger partial charge in [-0.3, -0.25) is 9.88 Å². The largest absolute Gasteiger partial charge is 0.380 e. The molecule has 2 aliphatic heterocycles. The van der Waals surface area contributed by atoms with Crippen LogP contribution in [0, 0.1) is 5.92 Å². The van der Waals surface area contributed by atoms with E-state index in [1.165, 1.54) is 5.56 Å². The van der Waals surface area contributed by atoms with Crippen molar-refractivity contribution in [2.75, 3.05) is 32.8 Å². The van der Waals surface area contributed by atoms with Crippen LogP contribution >= 0.6 is 0 Å². The minimum absolute atomic E-state index is 0.174. The molecule has 2 fully saturated rings. The van der Waals surface area contributed by atoms with Crippen LogP contribution in [-0.4, -0.2) is 61.5 Å². The summed E-state index contributed by atoms with van der Waals surface area (Å²) >= 11 is 0. The van der Waals surface area contributed by atoms with Gasteiger partial charge in [-0.25, -0.2) is 8.42 Å². The number of hydrogen-bond donors (Lipinski definition) is 0. The number of hydrogen-bond acceptors (Lipinski definition) is 5. The zero-order valence-corrected chi connectivity index (χ0v) is 17.7. The summed E-state index contributed by atoms with van der Waals surface area (Å²) in [5.74, 6) is 0.174. The summed E-state index contributed by atoms with van der Waals surface area (Å²) in [4.78, 5) is 7.05. The van der Waals surface area contributed by atoms with Crippen LogP contribution in [0.1, 0.15) is 24.5 Å². The zero-order valence-electron chi connectivity index (χ0n) is 16.9.